The number of carbonyl (C=O) groups excluding carboxylic acids is 1. The molecular formula is C2H3O3U-. The maximum atomic E-state index is 8.68. The van der Waals surface area contributed by atoms with Crippen LogP contribution in [0.3, 0.4) is 0 Å². The summed E-state index contributed by atoms with van der Waals surface area (Å²) in [6.45, 7) is 1.32. The summed E-state index contributed by atoms with van der Waals surface area (Å²) < 4.78 is 17.2. The molecule has 0 aliphatic rings. The molecule has 34 valence electrons. The van der Waals surface area contributed by atoms with Gasteiger partial charge in [0.1, 0.15) is 0 Å². The van der Waals surface area contributed by atoms with Crippen molar-refractivity contribution in [3.8, 4) is 0 Å². The molecule has 0 atom stereocenters. The third-order valence-corrected chi connectivity index (χ3v) is 0. The molecule has 0 aliphatic carbocycles. The van der Waals surface area contributed by atoms with Crippen molar-refractivity contribution in [1.29, 1.82) is 0 Å². The van der Waals surface area contributed by atoms with Crippen LogP contribution in [0.15, 0.2) is 0 Å². The molecule has 0 saturated carbocycles. The number of hydrogen-bond donors (Lipinski definition) is 0. The Labute approximate surface area is 50.3 Å². The zero-order valence-electron chi connectivity index (χ0n) is 3.22. The Morgan fingerprint density at radius 3 is 1.50 bits per heavy atom. The van der Waals surface area contributed by atoms with Crippen LogP contribution in [0.25, 0.3) is 0 Å². The summed E-state index contributed by atoms with van der Waals surface area (Å²) in [6.07, 6.45) is 1.50. The molecule has 0 heterocycles. The normalized spacial score (nSPS) is 3.50. The van der Waals surface area contributed by atoms with Crippen molar-refractivity contribution in [1.82, 2.24) is 0 Å². The fourth-order valence-electron chi connectivity index (χ4n) is 0. The Balaban J connectivity index is 0. The van der Waals surface area contributed by atoms with E-state index in [1.165, 1.54) is 13.2 Å². The summed E-state index contributed by atoms with van der Waals surface area (Å²) in [5, 5.41) is 0. The Hall–Kier alpha value is 0.322. The van der Waals surface area contributed by atoms with Crippen LogP contribution in [0, 0.1) is 27.8 Å². The van der Waals surface area contributed by atoms with Crippen molar-refractivity contribution < 1.29 is 37.1 Å². The van der Waals surface area contributed by atoms with Crippen molar-refractivity contribution >= 4 is 6.29 Å². The molecule has 0 aliphatic heterocycles. The summed E-state index contributed by atoms with van der Waals surface area (Å²) in [5.41, 5.74) is 0. The van der Waals surface area contributed by atoms with Crippen LogP contribution in [-0.4, -0.2) is 6.29 Å². The maximum absolute atomic E-state index is 8.68. The Morgan fingerprint density at radius 2 is 1.50 bits per heavy atom. The molecule has 0 aromatic heterocycles. The summed E-state index contributed by atoms with van der Waals surface area (Å²) in [7, 11) is 0. The molecule has 3 nitrogen and oxygen atoms in total. The van der Waals surface area contributed by atoms with Crippen LogP contribution < -0.4 is 0 Å². The first-order chi connectivity index (χ1) is 2.83. The third kappa shape index (κ3) is 460. The summed E-state index contributed by atoms with van der Waals surface area (Å²) in [4.78, 5) is 8.68. The van der Waals surface area contributed by atoms with Crippen molar-refractivity contribution in [2.45, 2.75) is 6.92 Å². The van der Waals surface area contributed by atoms with Gasteiger partial charge in [0, 0.05) is 0 Å². The van der Waals surface area contributed by atoms with E-state index < -0.39 is 27.8 Å². The van der Waals surface area contributed by atoms with E-state index in [2.05, 4.69) is 0 Å². The van der Waals surface area contributed by atoms with Gasteiger partial charge in [-0.1, -0.05) is 0 Å². The molecule has 0 fully saturated rings. The van der Waals surface area contributed by atoms with Crippen LogP contribution in [0.5, 0.6) is 0 Å². The quantitative estimate of drug-likeness (QED) is 0.586. The monoisotopic (exact) mass is 313 g/mol. The fraction of sp³-hybridized carbons (Fsp3) is 0.500. The molecule has 0 radical (unpaired) electrons. The van der Waals surface area contributed by atoms with Gasteiger partial charge in [0.25, 0.3) is 0 Å². The van der Waals surface area contributed by atoms with E-state index in [9.17, 15) is 0 Å². The van der Waals surface area contributed by atoms with Crippen molar-refractivity contribution in [3.05, 3.63) is 0 Å². The minimum atomic E-state index is -2.51. The van der Waals surface area contributed by atoms with Gasteiger partial charge in [-0.05, 0) is 0 Å². The second-order valence-electron chi connectivity index (χ2n) is 0.287. The van der Waals surface area contributed by atoms with Gasteiger partial charge in [0.15, 0.2) is 0 Å². The predicted octanol–water partition coefficient (Wildman–Crippen LogP) is -0.122. The van der Waals surface area contributed by atoms with Crippen LogP contribution in [0.1, 0.15) is 6.92 Å². The topological polar surface area (TPSA) is 51.2 Å². The molecule has 0 aromatic rings. The molecule has 0 spiro atoms. The van der Waals surface area contributed by atoms with E-state index in [4.69, 9.17) is 9.27 Å². The van der Waals surface area contributed by atoms with Gasteiger partial charge >= 0.3 is 32.3 Å². The zero-order chi connectivity index (χ0) is 5.41. The van der Waals surface area contributed by atoms with Crippen LogP contribution in [0.2, 0.25) is 0 Å². The predicted molar refractivity (Wildman–Crippen MR) is 12.7 cm³/mol. The molecule has 0 bridgehead atoms. The molecule has 0 amide bonds. The molecule has 0 N–H and O–H groups in total. The second-order valence-corrected chi connectivity index (χ2v) is 0.981. The van der Waals surface area contributed by atoms with Gasteiger partial charge in [0.2, 0.25) is 0 Å². The minimum absolute atomic E-state index is 1.32. The van der Waals surface area contributed by atoms with Crippen LogP contribution in [0.4, 0.5) is 0 Å². The second kappa shape index (κ2) is 18.4. The summed E-state index contributed by atoms with van der Waals surface area (Å²) in [5.74, 6) is 0. The molecule has 0 rings (SSSR count). The Bertz CT molecular complexity index is 53.8. The Kier molecular flexibility index (Phi) is 29.5. The van der Waals surface area contributed by atoms with Gasteiger partial charge in [-0.2, -0.15) is 6.92 Å². The van der Waals surface area contributed by atoms with Crippen LogP contribution >= 0.6 is 0 Å². The average Bonchev–Trinajstić information content (AvgIpc) is 1.39. The molecule has 4 heteroatoms. The van der Waals surface area contributed by atoms with Gasteiger partial charge in [0.05, 0.1) is 0 Å². The zero-order valence-corrected chi connectivity index (χ0v) is 7.39. The molecule has 0 unspecified atom stereocenters. The van der Waals surface area contributed by atoms with E-state index >= 15 is 0 Å². The van der Waals surface area contributed by atoms with E-state index in [0.717, 1.165) is 0 Å². The van der Waals surface area contributed by atoms with Crippen molar-refractivity contribution in [2.24, 2.45) is 0 Å². The van der Waals surface area contributed by atoms with E-state index in [1.54, 1.807) is 0 Å². The van der Waals surface area contributed by atoms with Gasteiger partial charge in [-0.3, -0.25) is 6.29 Å². The van der Waals surface area contributed by atoms with Gasteiger partial charge in [-0.15, -0.1) is 0 Å². The summed E-state index contributed by atoms with van der Waals surface area (Å²) in [6, 6.07) is 0. The van der Waals surface area contributed by atoms with Crippen LogP contribution in [-0.2, 0) is 9.27 Å². The first-order valence-corrected chi connectivity index (χ1v) is 4.51. The number of hydrogen-bond acceptors (Lipinski definition) is 3. The standard InChI is InChI=1S/C2H3O.2O.U/c1-2-3;;;/h1H3;;;/q-1;;;. The van der Waals surface area contributed by atoms with E-state index in [1.807, 2.05) is 0 Å². The first kappa shape index (κ1) is 9.59. The van der Waals surface area contributed by atoms with E-state index in [0.29, 0.717) is 0 Å². The molecule has 0 aromatic carbocycles. The van der Waals surface area contributed by atoms with Crippen molar-refractivity contribution in [3.63, 3.8) is 0 Å². The SMILES string of the molecule is C[C-]=O.[O]=[U]=[O]. The van der Waals surface area contributed by atoms with E-state index in [-0.39, 0.29) is 0 Å². The van der Waals surface area contributed by atoms with Gasteiger partial charge in [-0.25, -0.2) is 0 Å². The van der Waals surface area contributed by atoms with Gasteiger partial charge < -0.3 is 4.79 Å². The molecular weight excluding hydrogens is 310 g/mol. The summed E-state index contributed by atoms with van der Waals surface area (Å²) >= 11 is -2.51. The molecule has 0 saturated heterocycles. The fourth-order valence-corrected chi connectivity index (χ4v) is 0. The Morgan fingerprint density at radius 1 is 1.50 bits per heavy atom. The molecule has 6 heavy (non-hydrogen) atoms. The van der Waals surface area contributed by atoms with Crippen molar-refractivity contribution in [2.75, 3.05) is 0 Å². The average molecular weight is 313 g/mol. The first-order valence-electron chi connectivity index (χ1n) is 1.11. The number of rotatable bonds is 0. The third-order valence-electron chi connectivity index (χ3n) is 0.